The van der Waals surface area contributed by atoms with Gasteiger partial charge in [0.05, 0.1) is 6.42 Å². The molecule has 0 amide bonds. The average Bonchev–Trinajstić information content (AvgIpc) is 2.46. The standard InChI is InChI=1S/C15H23NO6/c16-10-9-14(20)6-5-12(18)2-1-11(17)3-4-13(19)7-8-15(21)22/h1-10,16H2,(H,21,22). The summed E-state index contributed by atoms with van der Waals surface area (Å²) in [6.45, 7) is 0.265. The Morgan fingerprint density at radius 1 is 0.545 bits per heavy atom. The quantitative estimate of drug-likeness (QED) is 0.485. The molecule has 0 aromatic rings. The van der Waals surface area contributed by atoms with E-state index in [1.54, 1.807) is 0 Å². The molecule has 0 fully saturated rings. The number of nitrogens with two attached hydrogens (primary N) is 1. The lowest BCUT2D eigenvalue weighted by Gasteiger charge is -2.01. The number of hydrogen-bond donors (Lipinski definition) is 2. The van der Waals surface area contributed by atoms with Crippen LogP contribution < -0.4 is 5.73 Å². The Morgan fingerprint density at radius 3 is 1.09 bits per heavy atom. The first-order valence-corrected chi connectivity index (χ1v) is 7.33. The van der Waals surface area contributed by atoms with Gasteiger partial charge in [0.2, 0.25) is 0 Å². The van der Waals surface area contributed by atoms with Crippen molar-refractivity contribution in [2.75, 3.05) is 6.54 Å². The molecular formula is C15H23NO6. The number of carboxylic acid groups (broad SMARTS) is 1. The van der Waals surface area contributed by atoms with Crippen LogP contribution in [0.25, 0.3) is 0 Å². The van der Waals surface area contributed by atoms with Crippen molar-refractivity contribution >= 4 is 29.1 Å². The van der Waals surface area contributed by atoms with E-state index in [0.717, 1.165) is 0 Å². The van der Waals surface area contributed by atoms with Gasteiger partial charge in [-0.25, -0.2) is 0 Å². The number of carboxylic acids is 1. The van der Waals surface area contributed by atoms with Crippen molar-refractivity contribution in [2.45, 2.75) is 57.8 Å². The molecule has 0 aliphatic heterocycles. The number of ketones is 4. The molecule has 7 heteroatoms. The third-order valence-electron chi connectivity index (χ3n) is 3.09. The Kier molecular flexibility index (Phi) is 10.7. The molecular weight excluding hydrogens is 290 g/mol. The van der Waals surface area contributed by atoms with Crippen LogP contribution in [0.5, 0.6) is 0 Å². The number of aliphatic carboxylic acids is 1. The Bertz CT molecular complexity index is 430. The van der Waals surface area contributed by atoms with Gasteiger partial charge in [-0.15, -0.1) is 0 Å². The van der Waals surface area contributed by atoms with Crippen LogP contribution in [0, 0.1) is 0 Å². The van der Waals surface area contributed by atoms with Gasteiger partial charge in [-0.2, -0.15) is 0 Å². The highest BCUT2D eigenvalue weighted by Gasteiger charge is 2.12. The fraction of sp³-hybridized carbons (Fsp3) is 0.667. The van der Waals surface area contributed by atoms with Gasteiger partial charge in [-0.3, -0.25) is 24.0 Å². The third kappa shape index (κ3) is 11.9. The molecule has 0 aromatic heterocycles. The first kappa shape index (κ1) is 20.1. The van der Waals surface area contributed by atoms with Crippen molar-refractivity contribution in [3.63, 3.8) is 0 Å². The van der Waals surface area contributed by atoms with Crippen molar-refractivity contribution in [1.82, 2.24) is 0 Å². The summed E-state index contributed by atoms with van der Waals surface area (Å²) in [4.78, 5) is 55.8. The zero-order valence-corrected chi connectivity index (χ0v) is 12.6. The van der Waals surface area contributed by atoms with E-state index in [2.05, 4.69) is 0 Å². The van der Waals surface area contributed by atoms with Crippen molar-refractivity contribution in [1.29, 1.82) is 0 Å². The topological polar surface area (TPSA) is 132 Å². The SMILES string of the molecule is NCCC(=O)CCC(=O)CCC(=O)CCC(=O)CCC(=O)O. The lowest BCUT2D eigenvalue weighted by molar-refractivity contribution is -0.138. The molecule has 0 spiro atoms. The van der Waals surface area contributed by atoms with Gasteiger partial charge in [0.25, 0.3) is 0 Å². The van der Waals surface area contributed by atoms with Crippen LogP contribution in [-0.4, -0.2) is 40.8 Å². The second kappa shape index (κ2) is 11.7. The summed E-state index contributed by atoms with van der Waals surface area (Å²) >= 11 is 0. The van der Waals surface area contributed by atoms with Gasteiger partial charge in [0.15, 0.2) is 0 Å². The second-order valence-corrected chi connectivity index (χ2v) is 5.09. The van der Waals surface area contributed by atoms with Crippen LogP contribution in [0.4, 0.5) is 0 Å². The molecule has 0 unspecified atom stereocenters. The number of rotatable bonds is 14. The number of hydrogen-bond acceptors (Lipinski definition) is 6. The third-order valence-corrected chi connectivity index (χ3v) is 3.09. The van der Waals surface area contributed by atoms with E-state index in [-0.39, 0.29) is 87.5 Å². The largest absolute Gasteiger partial charge is 0.481 e. The smallest absolute Gasteiger partial charge is 0.303 e. The molecule has 0 atom stereocenters. The van der Waals surface area contributed by atoms with Gasteiger partial charge in [-0.05, 0) is 6.54 Å². The fourth-order valence-electron chi connectivity index (χ4n) is 1.74. The summed E-state index contributed by atoms with van der Waals surface area (Å²) in [6, 6.07) is 0. The predicted molar refractivity (Wildman–Crippen MR) is 78.3 cm³/mol. The van der Waals surface area contributed by atoms with Gasteiger partial charge in [0.1, 0.15) is 23.1 Å². The van der Waals surface area contributed by atoms with Crippen LogP contribution in [0.1, 0.15) is 57.8 Å². The Hall–Kier alpha value is -1.89. The summed E-state index contributed by atoms with van der Waals surface area (Å²) in [5, 5.41) is 8.42. The zero-order chi connectivity index (χ0) is 17.0. The monoisotopic (exact) mass is 313 g/mol. The van der Waals surface area contributed by atoms with Gasteiger partial charge in [-0.1, -0.05) is 0 Å². The highest BCUT2D eigenvalue weighted by molar-refractivity contribution is 5.91. The van der Waals surface area contributed by atoms with Gasteiger partial charge >= 0.3 is 5.97 Å². The summed E-state index contributed by atoms with van der Waals surface area (Å²) < 4.78 is 0. The molecule has 0 heterocycles. The first-order valence-electron chi connectivity index (χ1n) is 7.33. The van der Waals surface area contributed by atoms with Crippen LogP contribution in [0.15, 0.2) is 0 Å². The van der Waals surface area contributed by atoms with E-state index in [9.17, 15) is 24.0 Å². The first-order chi connectivity index (χ1) is 10.3. The maximum Gasteiger partial charge on any atom is 0.303 e. The average molecular weight is 313 g/mol. The fourth-order valence-corrected chi connectivity index (χ4v) is 1.74. The van der Waals surface area contributed by atoms with E-state index in [1.165, 1.54) is 0 Å². The molecule has 0 bridgehead atoms. The van der Waals surface area contributed by atoms with E-state index >= 15 is 0 Å². The maximum atomic E-state index is 11.5. The molecule has 0 saturated heterocycles. The zero-order valence-electron chi connectivity index (χ0n) is 12.6. The minimum atomic E-state index is -1.05. The van der Waals surface area contributed by atoms with Crippen molar-refractivity contribution in [2.24, 2.45) is 5.73 Å². The lowest BCUT2D eigenvalue weighted by Crippen LogP contribution is -2.11. The van der Waals surface area contributed by atoms with E-state index in [0.29, 0.717) is 0 Å². The molecule has 0 radical (unpaired) electrons. The highest BCUT2D eigenvalue weighted by Crippen LogP contribution is 2.06. The normalized spacial score (nSPS) is 10.2. The summed E-state index contributed by atoms with van der Waals surface area (Å²) in [5.41, 5.74) is 5.22. The number of carbonyl (C=O) groups is 5. The maximum absolute atomic E-state index is 11.5. The molecule has 0 aliphatic rings. The van der Waals surface area contributed by atoms with E-state index in [1.807, 2.05) is 0 Å². The Labute approximate surface area is 129 Å². The van der Waals surface area contributed by atoms with Crippen molar-refractivity contribution in [3.8, 4) is 0 Å². The predicted octanol–water partition coefficient (Wildman–Crippen LogP) is 0.817. The molecule has 3 N–H and O–H groups in total. The summed E-state index contributed by atoms with van der Waals surface area (Å²) in [5.74, 6) is -1.74. The molecule has 22 heavy (non-hydrogen) atoms. The van der Waals surface area contributed by atoms with Crippen LogP contribution in [0.3, 0.4) is 0 Å². The Balaban J connectivity index is 3.75. The Morgan fingerprint density at radius 2 is 0.818 bits per heavy atom. The lowest BCUT2D eigenvalue weighted by atomic mass is 10.0. The molecule has 0 aromatic carbocycles. The second-order valence-electron chi connectivity index (χ2n) is 5.09. The van der Waals surface area contributed by atoms with Gasteiger partial charge < -0.3 is 10.8 Å². The molecule has 7 nitrogen and oxygen atoms in total. The van der Waals surface area contributed by atoms with Crippen molar-refractivity contribution in [3.05, 3.63) is 0 Å². The number of carbonyl (C=O) groups excluding carboxylic acids is 4. The number of Topliss-reactive ketones (excluding diaryl/α,β-unsaturated/α-hetero) is 4. The molecule has 124 valence electrons. The summed E-state index contributed by atoms with van der Waals surface area (Å²) in [7, 11) is 0. The van der Waals surface area contributed by atoms with Crippen LogP contribution in [-0.2, 0) is 24.0 Å². The minimum Gasteiger partial charge on any atom is -0.481 e. The van der Waals surface area contributed by atoms with Crippen LogP contribution >= 0.6 is 0 Å². The van der Waals surface area contributed by atoms with Crippen LogP contribution in [0.2, 0.25) is 0 Å². The van der Waals surface area contributed by atoms with E-state index in [4.69, 9.17) is 10.8 Å². The van der Waals surface area contributed by atoms with E-state index < -0.39 is 5.97 Å². The minimum absolute atomic E-state index is 0.00922. The molecule has 0 aliphatic carbocycles. The molecule has 0 rings (SSSR count). The van der Waals surface area contributed by atoms with Crippen molar-refractivity contribution < 1.29 is 29.1 Å². The summed E-state index contributed by atoms with van der Waals surface area (Å²) in [6.07, 6.45) is 0.362. The molecule has 0 saturated carbocycles. The highest BCUT2D eigenvalue weighted by atomic mass is 16.4. The van der Waals surface area contributed by atoms with Gasteiger partial charge in [0, 0.05) is 51.4 Å².